The van der Waals surface area contributed by atoms with Gasteiger partial charge < -0.3 is 44.9 Å². The molecule has 2 aliphatic heterocycles. The maximum Gasteiger partial charge on any atom is 0.408 e. The molecule has 0 radical (unpaired) electrons. The molecule has 4 heterocycles. The average Bonchev–Trinajstić information content (AvgIpc) is 3.89. The summed E-state index contributed by atoms with van der Waals surface area (Å²) in [5.41, 5.74) is -0.329. The number of rotatable bonds is 16. The maximum atomic E-state index is 14.8. The van der Waals surface area contributed by atoms with Crippen molar-refractivity contribution in [3.05, 3.63) is 29.6 Å². The molecule has 3 aliphatic carbocycles. The van der Waals surface area contributed by atoms with Crippen molar-refractivity contribution in [2.45, 2.75) is 116 Å². The zero-order chi connectivity index (χ0) is 43.9. The number of aromatic nitrogens is 2. The Bertz CT molecular complexity index is 2140. The number of carboxylic acids is 1. The van der Waals surface area contributed by atoms with Crippen LogP contribution in [0.3, 0.4) is 0 Å². The molecule has 336 valence electrons. The quantitative estimate of drug-likeness (QED) is 0.140. The third-order valence-corrected chi connectivity index (χ3v) is 13.8. The Labute approximate surface area is 366 Å². The highest BCUT2D eigenvalue weighted by Crippen LogP contribution is 2.52. The van der Waals surface area contributed by atoms with Gasteiger partial charge in [-0.1, -0.05) is 34.1 Å². The molecule has 16 nitrogen and oxygen atoms in total. The van der Waals surface area contributed by atoms with E-state index >= 15 is 0 Å². The smallest absolute Gasteiger partial charge is 0.408 e. The highest BCUT2D eigenvalue weighted by molar-refractivity contribution is 7.14. The number of morpholine rings is 1. The number of thiazole rings is 1. The predicted octanol–water partition coefficient (Wildman–Crippen LogP) is 5.55. The highest BCUT2D eigenvalue weighted by Gasteiger charge is 2.61. The first-order chi connectivity index (χ1) is 29.6. The van der Waals surface area contributed by atoms with Crippen LogP contribution in [0.2, 0.25) is 0 Å². The number of carbonyl (C=O) groups excluding carboxylic acids is 3. The number of nitrogens with one attached hydrogen (secondary N) is 3. The van der Waals surface area contributed by atoms with Crippen molar-refractivity contribution in [2.24, 2.45) is 23.2 Å². The third kappa shape index (κ3) is 9.74. The van der Waals surface area contributed by atoms with E-state index in [0.717, 1.165) is 37.6 Å². The molecule has 3 amide bonds. The summed E-state index contributed by atoms with van der Waals surface area (Å²) < 4.78 is 24.3. The van der Waals surface area contributed by atoms with Gasteiger partial charge in [0.2, 0.25) is 11.8 Å². The molecule has 5 aliphatic rings. The van der Waals surface area contributed by atoms with E-state index in [9.17, 15) is 24.3 Å². The summed E-state index contributed by atoms with van der Waals surface area (Å²) in [4.78, 5) is 68.5. The van der Waals surface area contributed by atoms with E-state index in [4.69, 9.17) is 28.9 Å². The molecule has 1 aromatic carbocycles. The van der Waals surface area contributed by atoms with Gasteiger partial charge in [-0.05, 0) is 74.8 Å². The summed E-state index contributed by atoms with van der Waals surface area (Å²) in [5, 5.41) is 22.6. The molecule has 5 fully saturated rings. The average molecular weight is 876 g/mol. The number of alkyl carbamates (subject to hydrolysis) is 1. The topological polar surface area (TPSA) is 194 Å². The minimum Gasteiger partial charge on any atom is -0.492 e. The molecule has 8 rings (SSSR count). The molecule has 0 spiro atoms. The molecule has 3 saturated carbocycles. The van der Waals surface area contributed by atoms with Crippen molar-refractivity contribution in [1.82, 2.24) is 30.4 Å². The molecule has 62 heavy (non-hydrogen) atoms. The van der Waals surface area contributed by atoms with E-state index in [0.29, 0.717) is 78.3 Å². The fraction of sp³-hybridized carbons (Fsp3) is 0.644. The highest BCUT2D eigenvalue weighted by atomic mass is 32.1. The molecule has 0 bridgehead atoms. The first kappa shape index (κ1) is 43.9. The maximum absolute atomic E-state index is 14.8. The van der Waals surface area contributed by atoms with Gasteiger partial charge in [-0.3, -0.25) is 14.5 Å². The SMILES string of the molecule is CC[C@@H]1CC1(NC(=O)[C@@H]1C[C@@H](Oc2cc(-c3csc(NC(C)C)n3)nc3cc(OCCN4CCOCC4)ccc23)CN1C(=O)[C@@H](NC(=O)OC1C[C@@H]2C[C@@H]2C1)C(C)(C)C)C(=O)O. The summed E-state index contributed by atoms with van der Waals surface area (Å²) in [5.74, 6) is -0.0277. The Morgan fingerprint density at radius 3 is 2.45 bits per heavy atom. The standard InChI is InChI=1S/C45H61N7O9S/c1-7-28-22-45(28,41(55)56)50-39(53)36-20-31(23-52(36)40(54)38(44(4,5)6)49-43(57)61-30-17-26-16-27(26)18-30)60-37-21-34(35-24-62-42(48-35)46-25(2)3)47-33-19-29(8-9-32(33)37)59-15-12-51-10-13-58-14-11-51/h8-9,19,21,24-28,30-31,36,38H,7,10-18,20,22-23H2,1-6H3,(H,46,48)(H,49,57)(H,50,53)(H,55,56)/t26-,27+,28-,30?,31-,36+,38-,45?/m1/s1. The number of pyridine rings is 1. The van der Waals surface area contributed by atoms with Crippen molar-refractivity contribution in [1.29, 1.82) is 0 Å². The van der Waals surface area contributed by atoms with Crippen molar-refractivity contribution in [3.8, 4) is 22.9 Å². The van der Waals surface area contributed by atoms with Crippen molar-refractivity contribution in [3.63, 3.8) is 0 Å². The fourth-order valence-corrected chi connectivity index (χ4v) is 10.2. The molecule has 2 aromatic heterocycles. The van der Waals surface area contributed by atoms with E-state index in [-0.39, 0.29) is 31.0 Å². The number of carbonyl (C=O) groups is 4. The second-order valence-corrected chi connectivity index (χ2v) is 19.9. The first-order valence-corrected chi connectivity index (χ1v) is 23.1. The molecule has 17 heteroatoms. The lowest BCUT2D eigenvalue weighted by atomic mass is 9.85. The number of fused-ring (bicyclic) bond motifs is 2. The normalized spacial score (nSPS) is 27.4. The largest absolute Gasteiger partial charge is 0.492 e. The van der Waals surface area contributed by atoms with Crippen molar-refractivity contribution in [2.75, 3.05) is 51.3 Å². The number of benzene rings is 1. The number of aliphatic carboxylic acids is 1. The Morgan fingerprint density at radius 2 is 1.77 bits per heavy atom. The number of ether oxygens (including phenoxy) is 4. The van der Waals surface area contributed by atoms with Gasteiger partial charge >= 0.3 is 12.1 Å². The summed E-state index contributed by atoms with van der Waals surface area (Å²) in [6.45, 7) is 15.9. The fourth-order valence-electron chi connectivity index (χ4n) is 9.34. The number of hydrogen-bond acceptors (Lipinski definition) is 13. The second-order valence-electron chi connectivity index (χ2n) is 19.1. The van der Waals surface area contributed by atoms with E-state index in [1.807, 2.05) is 71.2 Å². The van der Waals surface area contributed by atoms with Gasteiger partial charge in [0.15, 0.2) is 5.13 Å². The Morgan fingerprint density at radius 1 is 1.02 bits per heavy atom. The minimum absolute atomic E-state index is 0.00450. The zero-order valence-electron chi connectivity index (χ0n) is 36.6. The summed E-state index contributed by atoms with van der Waals surface area (Å²) in [6.07, 6.45) is 2.27. The van der Waals surface area contributed by atoms with Crippen LogP contribution in [0.5, 0.6) is 11.5 Å². The lowest BCUT2D eigenvalue weighted by Gasteiger charge is -2.35. The van der Waals surface area contributed by atoms with Gasteiger partial charge in [-0.25, -0.2) is 19.6 Å². The monoisotopic (exact) mass is 875 g/mol. The van der Waals surface area contributed by atoms with Crippen LogP contribution >= 0.6 is 11.3 Å². The number of hydrogen-bond donors (Lipinski definition) is 4. The number of amides is 3. The van der Waals surface area contributed by atoms with Crippen LogP contribution in [0.1, 0.15) is 80.1 Å². The lowest BCUT2D eigenvalue weighted by Crippen LogP contribution is -2.59. The summed E-state index contributed by atoms with van der Waals surface area (Å²) in [6, 6.07) is 5.54. The van der Waals surface area contributed by atoms with Gasteiger partial charge in [0.05, 0.1) is 31.0 Å². The molecular weight excluding hydrogens is 815 g/mol. The van der Waals surface area contributed by atoms with Gasteiger partial charge in [-0.15, -0.1) is 11.3 Å². The van der Waals surface area contributed by atoms with Crippen LogP contribution < -0.4 is 25.4 Å². The number of carboxylic acid groups (broad SMARTS) is 1. The molecule has 8 atom stereocenters. The number of likely N-dealkylation sites (tertiary alicyclic amines) is 1. The number of anilines is 1. The van der Waals surface area contributed by atoms with Crippen LogP contribution in [0.25, 0.3) is 22.3 Å². The van der Waals surface area contributed by atoms with Gasteiger partial charge in [0.25, 0.3) is 0 Å². The van der Waals surface area contributed by atoms with E-state index < -0.39 is 53.0 Å². The molecule has 2 saturated heterocycles. The second kappa shape index (κ2) is 17.8. The van der Waals surface area contributed by atoms with Gasteiger partial charge in [0.1, 0.15) is 53.6 Å². The van der Waals surface area contributed by atoms with E-state index in [2.05, 4.69) is 20.9 Å². The van der Waals surface area contributed by atoms with E-state index in [1.54, 1.807) is 0 Å². The summed E-state index contributed by atoms with van der Waals surface area (Å²) in [7, 11) is 0. The predicted molar refractivity (Wildman–Crippen MR) is 233 cm³/mol. The van der Waals surface area contributed by atoms with Gasteiger partial charge in [-0.2, -0.15) is 0 Å². The van der Waals surface area contributed by atoms with Crippen LogP contribution in [-0.2, 0) is 23.9 Å². The molecule has 3 aromatic rings. The van der Waals surface area contributed by atoms with Crippen LogP contribution in [0, 0.1) is 23.2 Å². The van der Waals surface area contributed by atoms with E-state index in [1.165, 1.54) is 22.7 Å². The van der Waals surface area contributed by atoms with Gasteiger partial charge in [0, 0.05) is 55.0 Å². The van der Waals surface area contributed by atoms with Crippen LogP contribution in [0.4, 0.5) is 9.93 Å². The van der Waals surface area contributed by atoms with Crippen molar-refractivity contribution < 1.29 is 43.2 Å². The Kier molecular flexibility index (Phi) is 12.6. The number of nitrogens with zero attached hydrogens (tertiary/aromatic N) is 4. The molecule has 4 N–H and O–H groups in total. The lowest BCUT2D eigenvalue weighted by molar-refractivity contribution is -0.146. The van der Waals surface area contributed by atoms with Crippen LogP contribution in [-0.4, -0.2) is 131 Å². The first-order valence-electron chi connectivity index (χ1n) is 22.2. The van der Waals surface area contributed by atoms with Crippen LogP contribution in [0.15, 0.2) is 29.6 Å². The Balaban J connectivity index is 1.07. The zero-order valence-corrected chi connectivity index (χ0v) is 37.4. The molecule has 2 unspecified atom stereocenters. The minimum atomic E-state index is -1.40. The summed E-state index contributed by atoms with van der Waals surface area (Å²) >= 11 is 1.47. The van der Waals surface area contributed by atoms with Crippen molar-refractivity contribution >= 4 is 51.2 Å². The Hall–Kier alpha value is -4.74. The third-order valence-electron chi connectivity index (χ3n) is 13.0. The molecular formula is C45H61N7O9S.